The van der Waals surface area contributed by atoms with Crippen LogP contribution in [0.15, 0.2) is 0 Å². The van der Waals surface area contributed by atoms with Crippen molar-refractivity contribution in [2.45, 2.75) is 39.5 Å². The summed E-state index contributed by atoms with van der Waals surface area (Å²) in [6.45, 7) is 11.6. The Morgan fingerprint density at radius 1 is 0.944 bits per heavy atom. The lowest BCUT2D eigenvalue weighted by Gasteiger charge is -2.37. The molecule has 0 N–H and O–H groups in total. The van der Waals surface area contributed by atoms with Gasteiger partial charge in [-0.3, -0.25) is 4.90 Å². The molecule has 0 bridgehead atoms. The van der Waals surface area contributed by atoms with Gasteiger partial charge in [-0.05, 0) is 31.6 Å². The average molecular weight is 248 g/mol. The van der Waals surface area contributed by atoms with Gasteiger partial charge in [-0.15, -0.1) is 5.92 Å². The monoisotopic (exact) mass is 248 g/mol. The van der Waals surface area contributed by atoms with E-state index in [9.17, 15) is 0 Å². The van der Waals surface area contributed by atoms with Crippen LogP contribution in [0, 0.1) is 23.7 Å². The summed E-state index contributed by atoms with van der Waals surface area (Å²) in [6.07, 6.45) is 5.83. The molecule has 1 heterocycles. The van der Waals surface area contributed by atoms with Crippen LogP contribution < -0.4 is 0 Å². The van der Waals surface area contributed by atoms with Crippen molar-refractivity contribution >= 4 is 0 Å². The van der Waals surface area contributed by atoms with Gasteiger partial charge in [0.15, 0.2) is 0 Å². The molecule has 0 aromatic carbocycles. The maximum atomic E-state index is 3.18. The molecule has 2 rings (SSSR count). The van der Waals surface area contributed by atoms with Crippen molar-refractivity contribution in [3.63, 3.8) is 0 Å². The van der Waals surface area contributed by atoms with E-state index in [1.54, 1.807) is 0 Å². The highest BCUT2D eigenvalue weighted by molar-refractivity contribution is 4.98. The summed E-state index contributed by atoms with van der Waals surface area (Å²) in [5.74, 6) is 8.12. The van der Waals surface area contributed by atoms with Gasteiger partial charge in [-0.1, -0.05) is 25.7 Å². The van der Waals surface area contributed by atoms with Crippen LogP contribution in [-0.2, 0) is 0 Å². The number of piperazine rings is 1. The Balaban J connectivity index is 1.65. The van der Waals surface area contributed by atoms with Crippen LogP contribution in [0.5, 0.6) is 0 Å². The zero-order chi connectivity index (χ0) is 12.8. The first-order chi connectivity index (χ1) is 8.78. The number of hydrogen-bond donors (Lipinski definition) is 0. The van der Waals surface area contributed by atoms with E-state index < -0.39 is 0 Å². The standard InChI is InChI=1S/C16H28N2/c1-3-4-9-17-10-12-18(13-11-17)14-16-7-5-15(2)6-8-16/h15-16H,5-14H2,1-2H3. The quantitative estimate of drug-likeness (QED) is 0.708. The largest absolute Gasteiger partial charge is 0.301 e. The summed E-state index contributed by atoms with van der Waals surface area (Å²) in [4.78, 5) is 5.16. The second-order valence-electron chi connectivity index (χ2n) is 6.13. The molecule has 0 spiro atoms. The van der Waals surface area contributed by atoms with Crippen LogP contribution in [0.25, 0.3) is 0 Å². The first kappa shape index (κ1) is 13.9. The van der Waals surface area contributed by atoms with Crippen LogP contribution in [0.2, 0.25) is 0 Å². The van der Waals surface area contributed by atoms with Gasteiger partial charge < -0.3 is 4.90 Å². The van der Waals surface area contributed by atoms with Gasteiger partial charge in [0.2, 0.25) is 0 Å². The second kappa shape index (κ2) is 7.16. The van der Waals surface area contributed by atoms with Crippen LogP contribution in [0.1, 0.15) is 39.5 Å². The molecule has 18 heavy (non-hydrogen) atoms. The third-order valence-electron chi connectivity index (χ3n) is 4.60. The Kier molecular flexibility index (Phi) is 5.53. The minimum atomic E-state index is 0.964. The summed E-state index contributed by atoms with van der Waals surface area (Å²) in [5.41, 5.74) is 0. The molecule has 0 unspecified atom stereocenters. The van der Waals surface area contributed by atoms with Crippen molar-refractivity contribution in [1.82, 2.24) is 9.80 Å². The van der Waals surface area contributed by atoms with Gasteiger partial charge in [-0.25, -0.2) is 0 Å². The number of nitrogens with zero attached hydrogens (tertiary/aromatic N) is 2. The lowest BCUT2D eigenvalue weighted by Crippen LogP contribution is -2.47. The summed E-state index contributed by atoms with van der Waals surface area (Å²) in [6, 6.07) is 0. The first-order valence-corrected chi connectivity index (χ1v) is 7.62. The molecule has 1 aliphatic heterocycles. The van der Waals surface area contributed by atoms with E-state index in [4.69, 9.17) is 0 Å². The predicted octanol–water partition coefficient (Wildman–Crippen LogP) is 2.45. The summed E-state index contributed by atoms with van der Waals surface area (Å²) < 4.78 is 0. The van der Waals surface area contributed by atoms with Crippen molar-refractivity contribution in [2.24, 2.45) is 11.8 Å². The molecule has 1 saturated heterocycles. The molecule has 0 radical (unpaired) electrons. The maximum Gasteiger partial charge on any atom is 0.0602 e. The summed E-state index contributed by atoms with van der Waals surface area (Å²) >= 11 is 0. The fourth-order valence-corrected chi connectivity index (χ4v) is 3.20. The van der Waals surface area contributed by atoms with Gasteiger partial charge in [0.05, 0.1) is 6.54 Å². The fraction of sp³-hybridized carbons (Fsp3) is 0.875. The average Bonchev–Trinajstić information content (AvgIpc) is 2.41. The third-order valence-corrected chi connectivity index (χ3v) is 4.60. The second-order valence-corrected chi connectivity index (χ2v) is 6.13. The highest BCUT2D eigenvalue weighted by Gasteiger charge is 2.22. The van der Waals surface area contributed by atoms with E-state index in [-0.39, 0.29) is 0 Å². The van der Waals surface area contributed by atoms with Crippen LogP contribution >= 0.6 is 0 Å². The molecule has 2 nitrogen and oxygen atoms in total. The Bertz CT molecular complexity index is 286. The van der Waals surface area contributed by atoms with Gasteiger partial charge in [0.25, 0.3) is 0 Å². The smallest absolute Gasteiger partial charge is 0.0602 e. The molecule has 2 aliphatic rings. The lowest BCUT2D eigenvalue weighted by atomic mass is 9.83. The maximum absolute atomic E-state index is 3.18. The van der Waals surface area contributed by atoms with E-state index in [2.05, 4.69) is 28.6 Å². The topological polar surface area (TPSA) is 6.48 Å². The molecule has 0 amide bonds. The first-order valence-electron chi connectivity index (χ1n) is 7.62. The number of rotatable bonds is 3. The van der Waals surface area contributed by atoms with Crippen molar-refractivity contribution in [3.05, 3.63) is 0 Å². The van der Waals surface area contributed by atoms with Gasteiger partial charge in [-0.2, -0.15) is 0 Å². The van der Waals surface area contributed by atoms with Gasteiger partial charge >= 0.3 is 0 Å². The molecule has 0 aromatic rings. The molecular formula is C16H28N2. The summed E-state index contributed by atoms with van der Waals surface area (Å²) in [5, 5.41) is 0. The Morgan fingerprint density at radius 2 is 1.56 bits per heavy atom. The van der Waals surface area contributed by atoms with Gasteiger partial charge in [0.1, 0.15) is 0 Å². The minimum absolute atomic E-state index is 0.964. The van der Waals surface area contributed by atoms with Crippen molar-refractivity contribution in [1.29, 1.82) is 0 Å². The lowest BCUT2D eigenvalue weighted by molar-refractivity contribution is 0.113. The molecule has 102 valence electrons. The van der Waals surface area contributed by atoms with Crippen molar-refractivity contribution in [2.75, 3.05) is 39.3 Å². The molecule has 1 aliphatic carbocycles. The van der Waals surface area contributed by atoms with Crippen LogP contribution in [0.3, 0.4) is 0 Å². The Hall–Kier alpha value is -0.520. The molecule has 0 atom stereocenters. The third kappa shape index (κ3) is 4.30. The van der Waals surface area contributed by atoms with E-state index >= 15 is 0 Å². The van der Waals surface area contributed by atoms with Gasteiger partial charge in [0, 0.05) is 32.7 Å². The molecule has 0 aromatic heterocycles. The normalized spacial score (nSPS) is 30.8. The molecule has 2 heteroatoms. The zero-order valence-corrected chi connectivity index (χ0v) is 12.1. The Labute approximate surface area is 113 Å². The zero-order valence-electron chi connectivity index (χ0n) is 12.1. The fourth-order valence-electron chi connectivity index (χ4n) is 3.20. The van der Waals surface area contributed by atoms with E-state index in [1.165, 1.54) is 58.4 Å². The predicted molar refractivity (Wildman–Crippen MR) is 77.5 cm³/mol. The van der Waals surface area contributed by atoms with E-state index in [0.29, 0.717) is 0 Å². The highest BCUT2D eigenvalue weighted by Crippen LogP contribution is 2.28. The van der Waals surface area contributed by atoms with Crippen LogP contribution in [-0.4, -0.2) is 49.1 Å². The highest BCUT2D eigenvalue weighted by atomic mass is 15.3. The van der Waals surface area contributed by atoms with Crippen molar-refractivity contribution < 1.29 is 0 Å². The van der Waals surface area contributed by atoms with E-state index in [1.807, 2.05) is 6.92 Å². The van der Waals surface area contributed by atoms with Crippen LogP contribution in [0.4, 0.5) is 0 Å². The molecule has 1 saturated carbocycles. The number of hydrogen-bond acceptors (Lipinski definition) is 2. The molecular weight excluding hydrogens is 220 g/mol. The minimum Gasteiger partial charge on any atom is -0.301 e. The van der Waals surface area contributed by atoms with Crippen molar-refractivity contribution in [3.8, 4) is 11.8 Å². The van der Waals surface area contributed by atoms with E-state index in [0.717, 1.165) is 18.4 Å². The Morgan fingerprint density at radius 3 is 2.17 bits per heavy atom. The summed E-state index contributed by atoms with van der Waals surface area (Å²) in [7, 11) is 0. The SMILES string of the molecule is CC#CCN1CCN(CC2CCC(C)CC2)CC1. The molecule has 2 fully saturated rings.